The van der Waals surface area contributed by atoms with E-state index in [9.17, 15) is 0 Å². The largest absolute Gasteiger partial charge is 0.309 e. The van der Waals surface area contributed by atoms with Crippen molar-refractivity contribution in [3.63, 3.8) is 0 Å². The Bertz CT molecular complexity index is 2240. The molecular formula is C41H30N4. The van der Waals surface area contributed by atoms with Gasteiger partial charge in [0.2, 0.25) is 0 Å². The van der Waals surface area contributed by atoms with Gasteiger partial charge in [-0.15, -0.1) is 0 Å². The van der Waals surface area contributed by atoms with E-state index < -0.39 is 0 Å². The quantitative estimate of drug-likeness (QED) is 0.204. The maximum Gasteiger partial charge on any atom is 0.164 e. The summed E-state index contributed by atoms with van der Waals surface area (Å²) < 4.78 is 2.34. The monoisotopic (exact) mass is 578 g/mol. The molecule has 2 heterocycles. The fourth-order valence-electron chi connectivity index (χ4n) is 6.00. The van der Waals surface area contributed by atoms with Crippen LogP contribution in [0.2, 0.25) is 0 Å². The van der Waals surface area contributed by atoms with Crippen LogP contribution in [0.5, 0.6) is 0 Å². The van der Waals surface area contributed by atoms with Gasteiger partial charge in [-0.2, -0.15) is 0 Å². The van der Waals surface area contributed by atoms with Crippen molar-refractivity contribution in [2.24, 2.45) is 0 Å². The molecule has 0 bridgehead atoms. The van der Waals surface area contributed by atoms with Crippen LogP contribution in [0.3, 0.4) is 0 Å². The summed E-state index contributed by atoms with van der Waals surface area (Å²) >= 11 is 0. The Morgan fingerprint density at radius 2 is 0.800 bits per heavy atom. The maximum absolute atomic E-state index is 5.03. The summed E-state index contributed by atoms with van der Waals surface area (Å²) in [4.78, 5) is 15.0. The van der Waals surface area contributed by atoms with Crippen molar-refractivity contribution in [1.29, 1.82) is 0 Å². The van der Waals surface area contributed by atoms with E-state index in [-0.39, 0.29) is 0 Å². The van der Waals surface area contributed by atoms with Crippen molar-refractivity contribution >= 4 is 21.8 Å². The second kappa shape index (κ2) is 11.0. The average molecular weight is 579 g/mol. The lowest BCUT2D eigenvalue weighted by Crippen LogP contribution is -2.00. The number of rotatable bonds is 5. The lowest BCUT2D eigenvalue weighted by atomic mass is 10.0. The summed E-state index contributed by atoms with van der Waals surface area (Å²) in [5, 5.41) is 2.34. The zero-order chi connectivity index (χ0) is 30.3. The Morgan fingerprint density at radius 1 is 0.378 bits per heavy atom. The third-order valence-corrected chi connectivity index (χ3v) is 8.40. The highest BCUT2D eigenvalue weighted by Gasteiger charge is 2.17. The predicted molar refractivity (Wildman–Crippen MR) is 185 cm³/mol. The van der Waals surface area contributed by atoms with E-state index in [4.69, 9.17) is 15.0 Å². The van der Waals surface area contributed by atoms with Crippen LogP contribution in [0, 0.1) is 13.8 Å². The normalized spacial score (nSPS) is 11.3. The summed E-state index contributed by atoms with van der Waals surface area (Å²) in [6.07, 6.45) is 0. The minimum atomic E-state index is 0.651. The second-order valence-electron chi connectivity index (χ2n) is 11.5. The van der Waals surface area contributed by atoms with Gasteiger partial charge in [0, 0.05) is 33.2 Å². The second-order valence-corrected chi connectivity index (χ2v) is 11.5. The summed E-state index contributed by atoms with van der Waals surface area (Å²) in [6.45, 7) is 4.18. The average Bonchev–Trinajstić information content (AvgIpc) is 3.42. The topological polar surface area (TPSA) is 43.6 Å². The van der Waals surface area contributed by atoms with E-state index in [2.05, 4.69) is 164 Å². The van der Waals surface area contributed by atoms with Crippen LogP contribution in [-0.2, 0) is 0 Å². The molecule has 0 atom stereocenters. The van der Waals surface area contributed by atoms with Gasteiger partial charge in [-0.3, -0.25) is 0 Å². The van der Waals surface area contributed by atoms with Crippen LogP contribution in [-0.4, -0.2) is 19.5 Å². The van der Waals surface area contributed by atoms with Gasteiger partial charge in [-0.05, 0) is 67.4 Å². The van der Waals surface area contributed by atoms with Crippen LogP contribution in [0.15, 0.2) is 146 Å². The van der Waals surface area contributed by atoms with Gasteiger partial charge >= 0.3 is 0 Å². The number of fused-ring (bicyclic) bond motifs is 3. The number of hydrogen-bond acceptors (Lipinski definition) is 3. The lowest BCUT2D eigenvalue weighted by molar-refractivity contribution is 1.07. The first-order chi connectivity index (χ1) is 22.1. The van der Waals surface area contributed by atoms with Gasteiger partial charge in [-0.1, -0.05) is 114 Å². The van der Waals surface area contributed by atoms with Gasteiger partial charge in [0.15, 0.2) is 17.5 Å². The van der Waals surface area contributed by atoms with Gasteiger partial charge in [0.1, 0.15) is 0 Å². The first-order valence-corrected chi connectivity index (χ1v) is 15.2. The van der Waals surface area contributed by atoms with Crippen molar-refractivity contribution in [3.05, 3.63) is 157 Å². The first kappa shape index (κ1) is 26.7. The van der Waals surface area contributed by atoms with Crippen molar-refractivity contribution < 1.29 is 0 Å². The van der Waals surface area contributed by atoms with Crippen LogP contribution in [0.25, 0.3) is 72.8 Å². The Hall–Kier alpha value is -5.87. The summed E-state index contributed by atoms with van der Waals surface area (Å²) in [6, 6.07) is 51.1. The zero-order valence-electron chi connectivity index (χ0n) is 25.1. The molecule has 8 aromatic rings. The molecule has 0 aliphatic carbocycles. The summed E-state index contributed by atoms with van der Waals surface area (Å²) in [7, 11) is 0. The van der Waals surface area contributed by atoms with E-state index >= 15 is 0 Å². The fraction of sp³-hybridized carbons (Fsp3) is 0.0488. The molecule has 0 saturated heterocycles. The van der Waals surface area contributed by atoms with Crippen LogP contribution in [0.1, 0.15) is 11.1 Å². The third kappa shape index (κ3) is 4.96. The molecule has 0 aliphatic rings. The van der Waals surface area contributed by atoms with E-state index in [1.807, 2.05) is 0 Å². The Morgan fingerprint density at radius 3 is 1.33 bits per heavy atom. The minimum absolute atomic E-state index is 0.651. The molecule has 45 heavy (non-hydrogen) atoms. The molecule has 0 N–H and O–H groups in total. The van der Waals surface area contributed by atoms with Gasteiger partial charge < -0.3 is 4.57 Å². The van der Waals surface area contributed by atoms with Crippen LogP contribution >= 0.6 is 0 Å². The third-order valence-electron chi connectivity index (χ3n) is 8.40. The highest BCUT2D eigenvalue weighted by Crippen LogP contribution is 2.37. The van der Waals surface area contributed by atoms with E-state index in [0.717, 1.165) is 38.8 Å². The molecule has 0 spiro atoms. The molecule has 0 aliphatic heterocycles. The van der Waals surface area contributed by atoms with Gasteiger partial charge in [0.05, 0.1) is 11.0 Å². The SMILES string of the molecule is Cc1ccc(-c2nc(-c3ccc(C)cc3)nc(-c3ccc4c(c3)c3cc(-c5ccccc5)ccc3n4-c3ccccc3)n2)cc1. The molecule has 0 radical (unpaired) electrons. The Balaban J connectivity index is 1.36. The summed E-state index contributed by atoms with van der Waals surface area (Å²) in [5.74, 6) is 1.97. The molecule has 0 fully saturated rings. The number of benzene rings is 6. The minimum Gasteiger partial charge on any atom is -0.309 e. The molecule has 8 rings (SSSR count). The molecule has 0 saturated carbocycles. The molecule has 6 aromatic carbocycles. The number of aromatic nitrogens is 4. The van der Waals surface area contributed by atoms with E-state index in [1.165, 1.54) is 27.6 Å². The molecule has 214 valence electrons. The molecule has 2 aromatic heterocycles. The highest BCUT2D eigenvalue weighted by molar-refractivity contribution is 6.11. The number of hydrogen-bond donors (Lipinski definition) is 0. The Labute approximate surface area is 262 Å². The fourth-order valence-corrected chi connectivity index (χ4v) is 6.00. The van der Waals surface area contributed by atoms with E-state index in [0.29, 0.717) is 17.5 Å². The number of para-hydroxylation sites is 1. The molecule has 0 unspecified atom stereocenters. The molecule has 0 amide bonds. The maximum atomic E-state index is 5.03. The van der Waals surface area contributed by atoms with Crippen molar-refractivity contribution in [1.82, 2.24) is 19.5 Å². The smallest absolute Gasteiger partial charge is 0.164 e. The molecular weight excluding hydrogens is 548 g/mol. The first-order valence-electron chi connectivity index (χ1n) is 15.2. The van der Waals surface area contributed by atoms with Crippen LogP contribution < -0.4 is 0 Å². The van der Waals surface area contributed by atoms with Crippen molar-refractivity contribution in [3.8, 4) is 51.0 Å². The van der Waals surface area contributed by atoms with Crippen LogP contribution in [0.4, 0.5) is 0 Å². The number of nitrogens with zero attached hydrogens (tertiary/aromatic N) is 4. The van der Waals surface area contributed by atoms with E-state index in [1.54, 1.807) is 0 Å². The van der Waals surface area contributed by atoms with Gasteiger partial charge in [-0.25, -0.2) is 15.0 Å². The summed E-state index contributed by atoms with van der Waals surface area (Å²) in [5.41, 5.74) is 11.1. The molecule has 4 nitrogen and oxygen atoms in total. The number of aryl methyl sites for hydroxylation is 2. The highest BCUT2D eigenvalue weighted by atomic mass is 15.0. The predicted octanol–water partition coefficient (Wildman–Crippen LogP) is 10.3. The van der Waals surface area contributed by atoms with Gasteiger partial charge in [0.25, 0.3) is 0 Å². The van der Waals surface area contributed by atoms with Crippen molar-refractivity contribution in [2.45, 2.75) is 13.8 Å². The Kier molecular flexibility index (Phi) is 6.54. The molecule has 4 heteroatoms. The standard InChI is InChI=1S/C41H30N4/c1-27-13-17-30(18-14-27)39-42-40(31-19-15-28(2)16-20-31)44-41(43-39)33-22-24-38-36(26-33)35-25-32(29-9-5-3-6-10-29)21-23-37(35)45(38)34-11-7-4-8-12-34/h3-26H,1-2H3. The van der Waals surface area contributed by atoms with Crippen molar-refractivity contribution in [2.75, 3.05) is 0 Å². The lowest BCUT2D eigenvalue weighted by Gasteiger charge is -2.10. The zero-order valence-corrected chi connectivity index (χ0v) is 25.1.